The summed E-state index contributed by atoms with van der Waals surface area (Å²) >= 11 is 5.62. The van der Waals surface area contributed by atoms with Gasteiger partial charge >= 0.3 is 5.97 Å². The lowest BCUT2D eigenvalue weighted by atomic mass is 10.2. The van der Waals surface area contributed by atoms with Gasteiger partial charge in [0.2, 0.25) is 6.41 Å². The average Bonchev–Trinajstić information content (AvgIpc) is 2.33. The molecule has 0 heterocycles. The van der Waals surface area contributed by atoms with E-state index in [4.69, 9.17) is 21.4 Å². The second-order valence-corrected chi connectivity index (χ2v) is 3.79. The van der Waals surface area contributed by atoms with Gasteiger partial charge in [0.25, 0.3) is 0 Å². The number of aliphatic carboxylic acids is 1. The van der Waals surface area contributed by atoms with Crippen molar-refractivity contribution in [3.63, 3.8) is 0 Å². The monoisotopic (exact) mass is 275 g/mol. The highest BCUT2D eigenvalue weighted by Gasteiger charge is 2.16. The zero-order chi connectivity index (χ0) is 13.7. The van der Waals surface area contributed by atoms with Crippen molar-refractivity contribution in [1.82, 2.24) is 0 Å². The van der Waals surface area contributed by atoms with Gasteiger partial charge in [-0.05, 0) is 6.07 Å². The third-order valence-electron chi connectivity index (χ3n) is 2.23. The molecule has 0 radical (unpaired) electrons. The van der Waals surface area contributed by atoms with Crippen molar-refractivity contribution in [2.24, 2.45) is 0 Å². The lowest BCUT2D eigenvalue weighted by molar-refractivity contribution is -0.136. The first kappa shape index (κ1) is 14.2. The molecule has 0 unspecified atom stereocenters. The van der Waals surface area contributed by atoms with Crippen LogP contribution in [0.2, 0.25) is 5.02 Å². The summed E-state index contributed by atoms with van der Waals surface area (Å²) in [5.74, 6) is -1.62. The van der Waals surface area contributed by atoms with Crippen LogP contribution in [0.3, 0.4) is 0 Å². The Morgan fingerprint density at radius 1 is 1.61 bits per heavy atom. The molecule has 0 saturated heterocycles. The van der Waals surface area contributed by atoms with Crippen LogP contribution in [0.1, 0.15) is 6.42 Å². The van der Waals surface area contributed by atoms with E-state index in [0.717, 1.165) is 11.0 Å². The quantitative estimate of drug-likeness (QED) is 0.806. The Morgan fingerprint density at radius 3 is 2.78 bits per heavy atom. The summed E-state index contributed by atoms with van der Waals surface area (Å²) < 4.78 is 18.1. The molecule has 0 atom stereocenters. The van der Waals surface area contributed by atoms with Crippen LogP contribution >= 0.6 is 11.6 Å². The minimum Gasteiger partial charge on any atom is -0.494 e. The fraction of sp³-hybridized carbons (Fsp3) is 0.273. The van der Waals surface area contributed by atoms with E-state index in [1.165, 1.54) is 13.2 Å². The molecule has 98 valence electrons. The SMILES string of the molecule is COc1cc(F)c(Cl)cc1N(C=O)CCC(=O)O. The summed E-state index contributed by atoms with van der Waals surface area (Å²) in [5, 5.41) is 8.40. The van der Waals surface area contributed by atoms with Gasteiger partial charge in [0.15, 0.2) is 0 Å². The van der Waals surface area contributed by atoms with E-state index in [-0.39, 0.29) is 29.4 Å². The van der Waals surface area contributed by atoms with Crippen molar-refractivity contribution in [1.29, 1.82) is 0 Å². The van der Waals surface area contributed by atoms with Crippen molar-refractivity contribution in [3.05, 3.63) is 23.0 Å². The van der Waals surface area contributed by atoms with Crippen LogP contribution in [-0.4, -0.2) is 31.1 Å². The number of hydrogen-bond acceptors (Lipinski definition) is 3. The van der Waals surface area contributed by atoms with Crippen LogP contribution in [-0.2, 0) is 9.59 Å². The van der Waals surface area contributed by atoms with Gasteiger partial charge in [-0.25, -0.2) is 4.39 Å². The number of halogens is 2. The van der Waals surface area contributed by atoms with Gasteiger partial charge in [-0.2, -0.15) is 0 Å². The largest absolute Gasteiger partial charge is 0.494 e. The van der Waals surface area contributed by atoms with Crippen LogP contribution in [0, 0.1) is 5.82 Å². The number of anilines is 1. The smallest absolute Gasteiger partial charge is 0.305 e. The molecular formula is C11H11ClFNO4. The lowest BCUT2D eigenvalue weighted by Gasteiger charge is -2.19. The molecule has 0 aliphatic rings. The molecule has 7 heteroatoms. The Morgan fingerprint density at radius 2 is 2.28 bits per heavy atom. The van der Waals surface area contributed by atoms with Gasteiger partial charge in [-0.15, -0.1) is 0 Å². The van der Waals surface area contributed by atoms with Gasteiger partial charge in [-0.1, -0.05) is 11.6 Å². The zero-order valence-electron chi connectivity index (χ0n) is 9.52. The standard InChI is InChI=1S/C11H11ClFNO4/c1-18-10-5-8(13)7(12)4-9(10)14(6-15)3-2-11(16)17/h4-6H,2-3H2,1H3,(H,16,17). The number of benzene rings is 1. The summed E-state index contributed by atoms with van der Waals surface area (Å²) in [7, 11) is 1.31. The zero-order valence-corrected chi connectivity index (χ0v) is 10.3. The molecule has 0 aliphatic carbocycles. The van der Waals surface area contributed by atoms with Crippen LogP contribution in [0.5, 0.6) is 5.75 Å². The minimum absolute atomic E-state index is 0.0584. The third-order valence-corrected chi connectivity index (χ3v) is 2.51. The first-order valence-corrected chi connectivity index (χ1v) is 5.34. The van der Waals surface area contributed by atoms with Crippen LogP contribution in [0.15, 0.2) is 12.1 Å². The normalized spacial score (nSPS) is 9.94. The fourth-order valence-electron chi connectivity index (χ4n) is 1.35. The Balaban J connectivity index is 3.07. The Kier molecular flexibility index (Phi) is 4.91. The fourth-order valence-corrected chi connectivity index (χ4v) is 1.51. The summed E-state index contributed by atoms with van der Waals surface area (Å²) in [4.78, 5) is 22.5. The summed E-state index contributed by atoms with van der Waals surface area (Å²) in [5.41, 5.74) is 0.222. The maximum atomic E-state index is 13.2. The van der Waals surface area contributed by atoms with E-state index < -0.39 is 11.8 Å². The van der Waals surface area contributed by atoms with Gasteiger partial charge in [-0.3, -0.25) is 9.59 Å². The molecule has 0 aliphatic heterocycles. The highest BCUT2D eigenvalue weighted by molar-refractivity contribution is 6.31. The van der Waals surface area contributed by atoms with Crippen LogP contribution < -0.4 is 9.64 Å². The van der Waals surface area contributed by atoms with E-state index in [1.807, 2.05) is 0 Å². The van der Waals surface area contributed by atoms with E-state index in [9.17, 15) is 14.0 Å². The highest BCUT2D eigenvalue weighted by atomic mass is 35.5. The van der Waals surface area contributed by atoms with Crippen molar-refractivity contribution < 1.29 is 23.8 Å². The topological polar surface area (TPSA) is 66.8 Å². The number of hydrogen-bond donors (Lipinski definition) is 1. The molecule has 1 amide bonds. The Labute approximate surface area is 108 Å². The number of ether oxygens (including phenoxy) is 1. The molecule has 0 saturated carbocycles. The maximum Gasteiger partial charge on any atom is 0.305 e. The maximum absolute atomic E-state index is 13.2. The summed E-state index contributed by atoms with van der Waals surface area (Å²) in [6.07, 6.45) is 0.200. The molecule has 18 heavy (non-hydrogen) atoms. The first-order valence-electron chi connectivity index (χ1n) is 4.96. The van der Waals surface area contributed by atoms with Gasteiger partial charge < -0.3 is 14.7 Å². The van der Waals surface area contributed by atoms with Crippen molar-refractivity contribution >= 4 is 29.7 Å². The number of nitrogens with zero attached hydrogens (tertiary/aromatic N) is 1. The number of amides is 1. The van der Waals surface area contributed by atoms with Crippen molar-refractivity contribution in [2.45, 2.75) is 6.42 Å². The molecule has 1 aromatic carbocycles. The van der Waals surface area contributed by atoms with Crippen LogP contribution in [0.4, 0.5) is 10.1 Å². The van der Waals surface area contributed by atoms with Gasteiger partial charge in [0.05, 0.1) is 24.2 Å². The third kappa shape index (κ3) is 3.33. The molecule has 1 N–H and O–H groups in total. The molecule has 0 bridgehead atoms. The number of carboxylic acid groups (broad SMARTS) is 1. The van der Waals surface area contributed by atoms with Gasteiger partial charge in [0.1, 0.15) is 11.6 Å². The number of carbonyl (C=O) groups excluding carboxylic acids is 1. The number of carboxylic acids is 1. The van der Waals surface area contributed by atoms with E-state index in [1.54, 1.807) is 0 Å². The molecule has 1 aromatic rings. The molecule has 0 spiro atoms. The first-order chi connectivity index (χ1) is 8.49. The molecular weight excluding hydrogens is 265 g/mol. The molecule has 5 nitrogen and oxygen atoms in total. The average molecular weight is 276 g/mol. The molecule has 1 rings (SSSR count). The second-order valence-electron chi connectivity index (χ2n) is 3.38. The van der Waals surface area contributed by atoms with Crippen molar-refractivity contribution in [2.75, 3.05) is 18.6 Å². The molecule has 0 aromatic heterocycles. The summed E-state index contributed by atoms with van der Waals surface area (Å²) in [6, 6.07) is 2.25. The summed E-state index contributed by atoms with van der Waals surface area (Å²) in [6.45, 7) is -0.0584. The van der Waals surface area contributed by atoms with Gasteiger partial charge in [0, 0.05) is 12.6 Å². The van der Waals surface area contributed by atoms with E-state index in [2.05, 4.69) is 0 Å². The number of rotatable bonds is 6. The number of carbonyl (C=O) groups is 2. The predicted octanol–water partition coefficient (Wildman–Crippen LogP) is 1.93. The lowest BCUT2D eigenvalue weighted by Crippen LogP contribution is -2.24. The van der Waals surface area contributed by atoms with Crippen molar-refractivity contribution in [3.8, 4) is 5.75 Å². The predicted molar refractivity (Wildman–Crippen MR) is 63.6 cm³/mol. The van der Waals surface area contributed by atoms with E-state index in [0.29, 0.717) is 6.41 Å². The second kappa shape index (κ2) is 6.20. The van der Waals surface area contributed by atoms with Crippen LogP contribution in [0.25, 0.3) is 0 Å². The van der Waals surface area contributed by atoms with E-state index >= 15 is 0 Å². The molecule has 0 fully saturated rings. The minimum atomic E-state index is -1.05. The Bertz CT molecular complexity index is 467. The number of methoxy groups -OCH3 is 1. The highest BCUT2D eigenvalue weighted by Crippen LogP contribution is 2.32. The Hall–Kier alpha value is -1.82.